The molecule has 0 saturated heterocycles. The Hall–Kier alpha value is -0.200. The number of ether oxygens (including phenoxy) is 3. The minimum absolute atomic E-state index is 0.197. The summed E-state index contributed by atoms with van der Waals surface area (Å²) in [6.07, 6.45) is 14.6. The standard InChI is InChI=1S/C18H40N2O3/c1-21-18(22-2,23-3)15-13-11-9-7-5-4-6-8-10-12-14-17(20)16-19/h17H,4-16,19-20H2,1-3H3. The Bertz CT molecular complexity index is 240. The summed E-state index contributed by atoms with van der Waals surface area (Å²) in [7, 11) is 4.87. The van der Waals surface area contributed by atoms with Gasteiger partial charge in [0.25, 0.3) is 5.97 Å². The van der Waals surface area contributed by atoms with Crippen molar-refractivity contribution in [2.75, 3.05) is 27.9 Å². The monoisotopic (exact) mass is 332 g/mol. The van der Waals surface area contributed by atoms with Gasteiger partial charge in [-0.1, -0.05) is 57.8 Å². The quantitative estimate of drug-likeness (QED) is 0.314. The highest BCUT2D eigenvalue weighted by Gasteiger charge is 2.28. The second kappa shape index (κ2) is 15.3. The van der Waals surface area contributed by atoms with E-state index in [0.717, 1.165) is 19.3 Å². The van der Waals surface area contributed by atoms with Crippen LogP contribution in [0.15, 0.2) is 0 Å². The molecule has 0 aliphatic carbocycles. The van der Waals surface area contributed by atoms with E-state index in [1.807, 2.05) is 0 Å². The number of hydrogen-bond donors (Lipinski definition) is 2. The Balaban J connectivity index is 3.31. The van der Waals surface area contributed by atoms with Gasteiger partial charge in [0.05, 0.1) is 0 Å². The van der Waals surface area contributed by atoms with Crippen molar-refractivity contribution in [2.45, 2.75) is 89.1 Å². The van der Waals surface area contributed by atoms with E-state index in [1.54, 1.807) is 21.3 Å². The van der Waals surface area contributed by atoms with Crippen LogP contribution in [0.3, 0.4) is 0 Å². The normalized spacial score (nSPS) is 13.4. The Kier molecular flexibility index (Phi) is 15.2. The van der Waals surface area contributed by atoms with Crippen molar-refractivity contribution in [3.05, 3.63) is 0 Å². The highest BCUT2D eigenvalue weighted by molar-refractivity contribution is 4.61. The van der Waals surface area contributed by atoms with Crippen molar-refractivity contribution in [1.29, 1.82) is 0 Å². The van der Waals surface area contributed by atoms with Gasteiger partial charge >= 0.3 is 0 Å². The first-order chi connectivity index (χ1) is 11.1. The van der Waals surface area contributed by atoms with E-state index in [4.69, 9.17) is 25.7 Å². The fourth-order valence-corrected chi connectivity index (χ4v) is 2.84. The molecule has 0 bridgehead atoms. The summed E-state index contributed by atoms with van der Waals surface area (Å²) in [5.41, 5.74) is 11.3. The highest BCUT2D eigenvalue weighted by atomic mass is 16.9. The number of hydrogen-bond acceptors (Lipinski definition) is 5. The third kappa shape index (κ3) is 11.9. The summed E-state index contributed by atoms with van der Waals surface area (Å²) >= 11 is 0. The zero-order valence-corrected chi connectivity index (χ0v) is 15.6. The Morgan fingerprint density at radius 2 is 1.09 bits per heavy atom. The van der Waals surface area contributed by atoms with E-state index in [1.165, 1.54) is 57.8 Å². The summed E-state index contributed by atoms with van der Waals surface area (Å²) in [4.78, 5) is 0. The molecule has 0 aliphatic heterocycles. The van der Waals surface area contributed by atoms with Gasteiger partial charge in [-0.25, -0.2) is 0 Å². The molecule has 0 aromatic rings. The molecule has 0 fully saturated rings. The van der Waals surface area contributed by atoms with Crippen LogP contribution in [0.1, 0.15) is 77.0 Å². The molecule has 0 heterocycles. The molecular formula is C18H40N2O3. The lowest BCUT2D eigenvalue weighted by atomic mass is 10.0. The van der Waals surface area contributed by atoms with Crippen molar-refractivity contribution in [3.8, 4) is 0 Å². The minimum Gasteiger partial charge on any atom is -0.331 e. The Morgan fingerprint density at radius 1 is 0.696 bits per heavy atom. The fourth-order valence-electron chi connectivity index (χ4n) is 2.84. The van der Waals surface area contributed by atoms with Crippen LogP contribution in [0.5, 0.6) is 0 Å². The largest absolute Gasteiger partial charge is 0.331 e. The molecule has 5 nitrogen and oxygen atoms in total. The molecule has 0 rings (SSSR count). The van der Waals surface area contributed by atoms with Gasteiger partial charge in [-0.2, -0.15) is 0 Å². The molecule has 4 N–H and O–H groups in total. The molecule has 0 radical (unpaired) electrons. The van der Waals surface area contributed by atoms with E-state index >= 15 is 0 Å². The van der Waals surface area contributed by atoms with Crippen LogP contribution < -0.4 is 11.5 Å². The zero-order valence-electron chi connectivity index (χ0n) is 15.6. The number of rotatable bonds is 17. The lowest BCUT2D eigenvalue weighted by molar-refractivity contribution is -0.355. The van der Waals surface area contributed by atoms with Crippen LogP contribution in [0.2, 0.25) is 0 Å². The van der Waals surface area contributed by atoms with Gasteiger partial charge in [0.15, 0.2) is 0 Å². The van der Waals surface area contributed by atoms with E-state index in [9.17, 15) is 0 Å². The van der Waals surface area contributed by atoms with Gasteiger partial charge in [0, 0.05) is 40.3 Å². The molecule has 0 spiro atoms. The predicted molar refractivity (Wildman–Crippen MR) is 96.2 cm³/mol. The second-order valence-corrected chi connectivity index (χ2v) is 6.37. The van der Waals surface area contributed by atoms with E-state index in [2.05, 4.69) is 0 Å². The third-order valence-corrected chi connectivity index (χ3v) is 4.54. The maximum atomic E-state index is 5.80. The third-order valence-electron chi connectivity index (χ3n) is 4.54. The molecule has 1 atom stereocenters. The van der Waals surface area contributed by atoms with Gasteiger partial charge < -0.3 is 25.7 Å². The first kappa shape index (κ1) is 22.8. The van der Waals surface area contributed by atoms with E-state index in [-0.39, 0.29) is 6.04 Å². The zero-order chi connectivity index (χ0) is 17.4. The second-order valence-electron chi connectivity index (χ2n) is 6.37. The lowest BCUT2D eigenvalue weighted by Gasteiger charge is -2.28. The Labute approximate surface area is 143 Å². The van der Waals surface area contributed by atoms with Crippen molar-refractivity contribution in [2.24, 2.45) is 11.5 Å². The van der Waals surface area contributed by atoms with Gasteiger partial charge in [0.1, 0.15) is 0 Å². The molecule has 5 heteroatoms. The summed E-state index contributed by atoms with van der Waals surface area (Å²) in [6, 6.07) is 0.197. The molecule has 0 amide bonds. The maximum absolute atomic E-state index is 5.80. The average molecular weight is 333 g/mol. The van der Waals surface area contributed by atoms with Crippen molar-refractivity contribution in [1.82, 2.24) is 0 Å². The van der Waals surface area contributed by atoms with Gasteiger partial charge in [-0.3, -0.25) is 0 Å². The van der Waals surface area contributed by atoms with Gasteiger partial charge in [-0.15, -0.1) is 0 Å². The van der Waals surface area contributed by atoms with Gasteiger partial charge in [-0.05, 0) is 12.8 Å². The summed E-state index contributed by atoms with van der Waals surface area (Å²) in [5.74, 6) is -0.855. The molecule has 0 aliphatic rings. The highest BCUT2D eigenvalue weighted by Crippen LogP contribution is 2.21. The van der Waals surface area contributed by atoms with Crippen LogP contribution >= 0.6 is 0 Å². The van der Waals surface area contributed by atoms with Gasteiger partial charge in [0.2, 0.25) is 0 Å². The molecule has 0 aromatic heterocycles. The van der Waals surface area contributed by atoms with E-state index < -0.39 is 5.97 Å². The topological polar surface area (TPSA) is 79.7 Å². The molecular weight excluding hydrogens is 292 g/mol. The SMILES string of the molecule is COC(CCCCCCCCCCCCC(N)CN)(OC)OC. The molecule has 23 heavy (non-hydrogen) atoms. The first-order valence-corrected chi connectivity index (χ1v) is 9.25. The molecule has 1 unspecified atom stereocenters. The molecule has 0 aromatic carbocycles. The molecule has 140 valence electrons. The first-order valence-electron chi connectivity index (χ1n) is 9.25. The number of nitrogens with two attached hydrogens (primary N) is 2. The average Bonchev–Trinajstić information content (AvgIpc) is 2.59. The van der Waals surface area contributed by atoms with E-state index in [0.29, 0.717) is 6.54 Å². The predicted octanol–water partition coefficient (Wildman–Crippen LogP) is 3.55. The summed E-state index contributed by atoms with van der Waals surface area (Å²) < 4.78 is 15.9. The number of methoxy groups -OCH3 is 3. The van der Waals surface area contributed by atoms with Crippen LogP contribution in [-0.2, 0) is 14.2 Å². The van der Waals surface area contributed by atoms with Crippen LogP contribution in [-0.4, -0.2) is 39.9 Å². The van der Waals surface area contributed by atoms with Crippen LogP contribution in [0, 0.1) is 0 Å². The van der Waals surface area contributed by atoms with Crippen molar-refractivity contribution in [3.63, 3.8) is 0 Å². The lowest BCUT2D eigenvalue weighted by Crippen LogP contribution is -2.35. The van der Waals surface area contributed by atoms with Crippen LogP contribution in [0.4, 0.5) is 0 Å². The summed E-state index contributed by atoms with van der Waals surface area (Å²) in [5, 5.41) is 0. The Morgan fingerprint density at radius 3 is 1.48 bits per heavy atom. The maximum Gasteiger partial charge on any atom is 0.282 e. The minimum atomic E-state index is -0.855. The molecule has 0 saturated carbocycles. The van der Waals surface area contributed by atoms with Crippen LogP contribution in [0.25, 0.3) is 0 Å². The fraction of sp³-hybridized carbons (Fsp3) is 1.00. The summed E-state index contributed by atoms with van der Waals surface area (Å²) in [6.45, 7) is 0.611. The van der Waals surface area contributed by atoms with Crippen molar-refractivity contribution < 1.29 is 14.2 Å². The smallest absolute Gasteiger partial charge is 0.282 e. The van der Waals surface area contributed by atoms with Crippen molar-refractivity contribution >= 4 is 0 Å². The number of unbranched alkanes of at least 4 members (excludes halogenated alkanes) is 9.